The Hall–Kier alpha value is -3.47. The first kappa shape index (κ1) is 31.1. The molecule has 0 amide bonds. The molecule has 0 aromatic carbocycles. The van der Waals surface area contributed by atoms with Gasteiger partial charge in [0.25, 0.3) is 5.56 Å². The van der Waals surface area contributed by atoms with Crippen molar-refractivity contribution in [2.24, 2.45) is 0 Å². The van der Waals surface area contributed by atoms with Gasteiger partial charge in [0.1, 0.15) is 48.7 Å². The van der Waals surface area contributed by atoms with E-state index in [0.29, 0.717) is 0 Å². The fourth-order valence-electron chi connectivity index (χ4n) is 5.39. The number of ether oxygens (including phenoxy) is 3. The minimum absolute atomic E-state index is 0.0145. The van der Waals surface area contributed by atoms with Crippen LogP contribution in [-0.2, 0) is 36.9 Å². The number of nitrogens with two attached hydrogens (primary N) is 2. The van der Waals surface area contributed by atoms with Crippen molar-refractivity contribution in [3.63, 3.8) is 0 Å². The van der Waals surface area contributed by atoms with Gasteiger partial charge in [-0.15, -0.1) is 0 Å². The van der Waals surface area contributed by atoms with E-state index in [0.717, 1.165) is 17.2 Å². The number of halogens is 1. The summed E-state index contributed by atoms with van der Waals surface area (Å²) in [6.07, 6.45) is -10.8. The highest BCUT2D eigenvalue weighted by Gasteiger charge is 2.53. The molecule has 3 fully saturated rings. The van der Waals surface area contributed by atoms with Crippen LogP contribution >= 0.6 is 15.4 Å². The summed E-state index contributed by atoms with van der Waals surface area (Å²) in [6.45, 7) is -1.60. The number of aliphatic hydroxyl groups is 1. The van der Waals surface area contributed by atoms with Crippen LogP contribution in [0.5, 0.6) is 0 Å². The predicted molar refractivity (Wildman–Crippen MR) is 147 cm³/mol. The number of alkyl halides is 1. The SMILES string of the molecule is Nc1nc2c(ncn2[C@@H]2O[C@@H]3COP(=O)(O)COC4C(F)[C@H](n5cnc6c(N)ncnc65)O[C@@H]4COP(=O)(O)O[C@H]2C3O)c(=O)[nH]1. The molecule has 0 aliphatic carbocycles. The second kappa shape index (κ2) is 11.3. The molecule has 3 aliphatic heterocycles. The van der Waals surface area contributed by atoms with Gasteiger partial charge in [0.15, 0.2) is 41.3 Å². The summed E-state index contributed by atoms with van der Waals surface area (Å²) in [5.41, 5.74) is 10.7. The molecule has 4 aromatic heterocycles. The third-order valence-electron chi connectivity index (χ3n) is 7.49. The van der Waals surface area contributed by atoms with E-state index in [1.807, 2.05) is 0 Å². The van der Waals surface area contributed by atoms with Crippen LogP contribution in [0.2, 0.25) is 0 Å². The zero-order chi connectivity index (χ0) is 32.5. The van der Waals surface area contributed by atoms with E-state index in [1.54, 1.807) is 0 Å². The van der Waals surface area contributed by atoms with Crippen molar-refractivity contribution in [3.8, 4) is 0 Å². The molecule has 3 saturated heterocycles. The van der Waals surface area contributed by atoms with Crippen LogP contribution in [0.15, 0.2) is 23.8 Å². The van der Waals surface area contributed by atoms with E-state index < -0.39 is 89.7 Å². The van der Waals surface area contributed by atoms with Crippen LogP contribution in [0.3, 0.4) is 0 Å². The summed E-state index contributed by atoms with van der Waals surface area (Å²) in [7, 11) is -9.78. The van der Waals surface area contributed by atoms with Crippen LogP contribution in [0.4, 0.5) is 16.2 Å². The van der Waals surface area contributed by atoms with E-state index in [-0.39, 0.29) is 34.1 Å². The van der Waals surface area contributed by atoms with E-state index >= 15 is 4.39 Å². The number of hydrogen-bond acceptors (Lipinski definition) is 17. The number of fused-ring (bicyclic) bond motifs is 5. The third kappa shape index (κ3) is 5.48. The van der Waals surface area contributed by atoms with Gasteiger partial charge in [0, 0.05) is 0 Å². The second-order valence-electron chi connectivity index (χ2n) is 10.5. The Morgan fingerprint density at radius 2 is 1.63 bits per heavy atom. The molecule has 3 aliphatic rings. The Morgan fingerprint density at radius 3 is 2.41 bits per heavy atom. The zero-order valence-electron chi connectivity index (χ0n) is 23.0. The van der Waals surface area contributed by atoms with Crippen molar-refractivity contribution in [2.75, 3.05) is 31.0 Å². The minimum Gasteiger partial charge on any atom is -0.387 e. The van der Waals surface area contributed by atoms with Gasteiger partial charge in [0.2, 0.25) is 5.95 Å². The Bertz CT molecular complexity index is 1960. The number of aromatic nitrogens is 8. The molecule has 10 atom stereocenters. The molecule has 0 spiro atoms. The van der Waals surface area contributed by atoms with Crippen molar-refractivity contribution in [2.45, 2.75) is 49.1 Å². The molecule has 8 N–H and O–H groups in total. The average Bonchev–Trinajstić information content (AvgIpc) is 3.75. The standard InChI is InChI=1S/C21H25FN10O12P2/c22-9-13-8(43-19(9)31-4-27-10-15(23)25-3-26-16(10)31)2-41-46(37,38)44-14-12(33)7(1-40-45(35,36)6-39-13)42-20(14)32-5-28-11-17(32)29-21(24)30-18(11)34/h3-5,7-9,12-14,19-20,33H,1-2,6H2,(H,35,36)(H,37,38)(H2,23,25,26)(H3,24,29,30,34)/t7-,8-,9?,12?,13?,14+,19-,20-/m1/s1. The van der Waals surface area contributed by atoms with Gasteiger partial charge in [-0.2, -0.15) is 4.98 Å². The highest BCUT2D eigenvalue weighted by molar-refractivity contribution is 7.52. The number of phosphoric ester groups is 1. The number of phosphoric acid groups is 1. The Balaban J connectivity index is 1.20. The first-order valence-corrected chi connectivity index (χ1v) is 16.6. The number of aromatic amines is 1. The molecular weight excluding hydrogens is 665 g/mol. The quantitative estimate of drug-likeness (QED) is 0.133. The van der Waals surface area contributed by atoms with Crippen LogP contribution < -0.4 is 17.0 Å². The largest absolute Gasteiger partial charge is 0.472 e. The summed E-state index contributed by atoms with van der Waals surface area (Å²) >= 11 is 0. The molecular formula is C21H25FN10O12P2. The highest BCUT2D eigenvalue weighted by Crippen LogP contribution is 2.52. The molecule has 4 aromatic rings. The van der Waals surface area contributed by atoms with Crippen molar-refractivity contribution in [3.05, 3.63) is 29.3 Å². The maximum absolute atomic E-state index is 15.9. The lowest BCUT2D eigenvalue weighted by Crippen LogP contribution is -2.37. The van der Waals surface area contributed by atoms with Crippen LogP contribution in [0.25, 0.3) is 22.3 Å². The van der Waals surface area contributed by atoms with Crippen molar-refractivity contribution in [1.29, 1.82) is 0 Å². The Morgan fingerprint density at radius 1 is 0.935 bits per heavy atom. The van der Waals surface area contributed by atoms with E-state index in [9.17, 15) is 28.8 Å². The van der Waals surface area contributed by atoms with Gasteiger partial charge in [-0.25, -0.2) is 28.9 Å². The monoisotopic (exact) mass is 690 g/mol. The van der Waals surface area contributed by atoms with Crippen LogP contribution in [-0.4, -0.2) is 110 Å². The number of nitrogens with one attached hydrogen (secondary N) is 1. The van der Waals surface area contributed by atoms with Crippen LogP contribution in [0.1, 0.15) is 12.5 Å². The zero-order valence-corrected chi connectivity index (χ0v) is 24.8. The number of anilines is 2. The highest BCUT2D eigenvalue weighted by atomic mass is 31.2. The topological polar surface area (TPSA) is 309 Å². The third-order valence-corrected chi connectivity index (χ3v) is 9.51. The molecule has 22 nitrogen and oxygen atoms in total. The van der Waals surface area contributed by atoms with Crippen molar-refractivity contribution >= 4 is 49.5 Å². The molecule has 7 rings (SSSR count). The van der Waals surface area contributed by atoms with Gasteiger partial charge in [-0.05, 0) is 0 Å². The second-order valence-corrected chi connectivity index (χ2v) is 13.6. The Labute approximate surface area is 254 Å². The maximum Gasteiger partial charge on any atom is 0.472 e. The number of imidazole rings is 2. The molecule has 2 bridgehead atoms. The molecule has 248 valence electrons. The van der Waals surface area contributed by atoms with Gasteiger partial charge in [-0.1, -0.05) is 0 Å². The predicted octanol–water partition coefficient (Wildman–Crippen LogP) is -1.32. The van der Waals surface area contributed by atoms with Gasteiger partial charge < -0.3 is 45.1 Å². The number of nitrogens with zero attached hydrogens (tertiary/aromatic N) is 7. The molecule has 7 heterocycles. The van der Waals surface area contributed by atoms with E-state index in [2.05, 4.69) is 29.9 Å². The van der Waals surface area contributed by atoms with E-state index in [1.165, 1.54) is 10.9 Å². The van der Waals surface area contributed by atoms with Crippen LogP contribution in [0, 0.1) is 0 Å². The first-order chi connectivity index (χ1) is 21.8. The number of hydrogen-bond donors (Lipinski definition) is 6. The van der Waals surface area contributed by atoms with Crippen molar-refractivity contribution < 1.29 is 56.2 Å². The first-order valence-electron chi connectivity index (χ1n) is 13.3. The van der Waals surface area contributed by atoms with Gasteiger partial charge >= 0.3 is 15.4 Å². The smallest absolute Gasteiger partial charge is 0.387 e. The summed E-state index contributed by atoms with van der Waals surface area (Å²) in [5, 5.41) is 11.0. The summed E-state index contributed by atoms with van der Waals surface area (Å²) in [5.74, 6) is -0.276. The number of aliphatic hydroxyl groups excluding tert-OH is 1. The van der Waals surface area contributed by atoms with Crippen molar-refractivity contribution in [1.82, 2.24) is 39.0 Å². The van der Waals surface area contributed by atoms with Gasteiger partial charge in [0.05, 0.1) is 25.9 Å². The summed E-state index contributed by atoms with van der Waals surface area (Å²) in [4.78, 5) is 55.7. The van der Waals surface area contributed by atoms with E-state index in [4.69, 9.17) is 39.2 Å². The number of nitrogen functional groups attached to an aromatic ring is 2. The summed E-state index contributed by atoms with van der Waals surface area (Å²) < 4.78 is 76.9. The molecule has 0 radical (unpaired) electrons. The molecule has 5 unspecified atom stereocenters. The molecule has 25 heteroatoms. The number of H-pyrrole nitrogens is 1. The normalized spacial score (nSPS) is 37.4. The molecule has 46 heavy (non-hydrogen) atoms. The lowest BCUT2D eigenvalue weighted by atomic mass is 10.1. The maximum atomic E-state index is 15.9. The fourth-order valence-corrected chi connectivity index (χ4v) is 7.14. The Kier molecular flexibility index (Phi) is 7.68. The average molecular weight is 690 g/mol. The lowest BCUT2D eigenvalue weighted by Gasteiger charge is -2.26. The minimum atomic E-state index is -5.13. The number of rotatable bonds is 2. The molecule has 0 saturated carbocycles. The fraction of sp³-hybridized carbons (Fsp3) is 0.524. The lowest BCUT2D eigenvalue weighted by molar-refractivity contribution is -0.0631. The summed E-state index contributed by atoms with van der Waals surface area (Å²) in [6, 6.07) is 0. The van der Waals surface area contributed by atoms with Gasteiger partial charge in [-0.3, -0.25) is 32.5 Å².